The fraction of sp³-hybridized carbons (Fsp3) is 0.222. The molecule has 0 radical (unpaired) electrons. The van der Waals surface area contributed by atoms with Gasteiger partial charge in [-0.1, -0.05) is 29.3 Å². The highest BCUT2D eigenvalue weighted by atomic mass is 35.5. The van der Waals surface area contributed by atoms with Gasteiger partial charge in [-0.3, -0.25) is 9.59 Å². The van der Waals surface area contributed by atoms with Crippen LogP contribution in [0.3, 0.4) is 0 Å². The Labute approximate surface area is 154 Å². The summed E-state index contributed by atoms with van der Waals surface area (Å²) in [4.78, 5) is 24.8. The maximum Gasteiger partial charge on any atom is 0.313 e. The summed E-state index contributed by atoms with van der Waals surface area (Å²) >= 11 is 11.8. The second-order valence-electron chi connectivity index (χ2n) is 5.44. The van der Waals surface area contributed by atoms with Gasteiger partial charge >= 0.3 is 5.97 Å². The maximum absolute atomic E-state index is 12.6. The van der Waals surface area contributed by atoms with E-state index >= 15 is 0 Å². The summed E-state index contributed by atoms with van der Waals surface area (Å²) in [5.74, 6) is -0.378. The van der Waals surface area contributed by atoms with Crippen molar-refractivity contribution in [3.63, 3.8) is 0 Å². The molecule has 0 saturated heterocycles. The van der Waals surface area contributed by atoms with Crippen molar-refractivity contribution in [3.05, 3.63) is 57.6 Å². The van der Waals surface area contributed by atoms with Crippen molar-refractivity contribution < 1.29 is 23.8 Å². The molecule has 7 heteroatoms. The van der Waals surface area contributed by atoms with Gasteiger partial charge in [0.05, 0.1) is 23.1 Å². The topological polar surface area (TPSA) is 61.8 Å². The number of esters is 1. The van der Waals surface area contributed by atoms with Gasteiger partial charge in [-0.2, -0.15) is 0 Å². The first-order valence-corrected chi connectivity index (χ1v) is 8.21. The number of hydrogen-bond donors (Lipinski definition) is 0. The van der Waals surface area contributed by atoms with Gasteiger partial charge in [0.2, 0.25) is 6.79 Å². The lowest BCUT2D eigenvalue weighted by molar-refractivity contribution is -0.142. The van der Waals surface area contributed by atoms with Crippen LogP contribution < -0.4 is 9.47 Å². The van der Waals surface area contributed by atoms with Crippen molar-refractivity contribution in [2.24, 2.45) is 0 Å². The number of ether oxygens (including phenoxy) is 3. The number of carbonyl (C=O) groups is 2. The molecule has 1 heterocycles. The zero-order valence-electron chi connectivity index (χ0n) is 13.3. The monoisotopic (exact) mass is 380 g/mol. The van der Waals surface area contributed by atoms with E-state index in [2.05, 4.69) is 0 Å². The van der Waals surface area contributed by atoms with Crippen LogP contribution in [-0.2, 0) is 9.53 Å². The largest absolute Gasteiger partial charge is 0.469 e. The van der Waals surface area contributed by atoms with Crippen LogP contribution in [0.5, 0.6) is 11.5 Å². The van der Waals surface area contributed by atoms with Gasteiger partial charge in [-0.15, -0.1) is 0 Å². The third kappa shape index (κ3) is 3.72. The van der Waals surface area contributed by atoms with Crippen LogP contribution in [-0.4, -0.2) is 25.7 Å². The molecule has 0 amide bonds. The van der Waals surface area contributed by atoms with E-state index in [1.54, 1.807) is 30.3 Å². The number of methoxy groups -OCH3 is 1. The standard InChI is InChI=1S/C18H14Cl2O5/c1-23-18(22)12(10-3-5-16-17(7-10)25-9-24-16)8-15(21)11-2-4-13(19)14(20)6-11/h2-7,12H,8-9H2,1H3. The number of Topliss-reactive ketones (excluding diaryl/α,β-unsaturated/α-hetero) is 1. The first-order chi connectivity index (χ1) is 12.0. The van der Waals surface area contributed by atoms with E-state index in [0.717, 1.165) is 0 Å². The number of carbonyl (C=O) groups excluding carboxylic acids is 2. The zero-order valence-corrected chi connectivity index (χ0v) is 14.8. The Kier molecular flexibility index (Phi) is 5.16. The predicted molar refractivity (Wildman–Crippen MR) is 92.7 cm³/mol. The van der Waals surface area contributed by atoms with Crippen LogP contribution in [0.1, 0.15) is 28.3 Å². The number of ketones is 1. The van der Waals surface area contributed by atoms with Crippen molar-refractivity contribution in [2.75, 3.05) is 13.9 Å². The predicted octanol–water partition coefficient (Wildman–Crippen LogP) is 4.25. The van der Waals surface area contributed by atoms with Gasteiger partial charge < -0.3 is 14.2 Å². The number of fused-ring (bicyclic) bond motifs is 1. The summed E-state index contributed by atoms with van der Waals surface area (Å²) < 4.78 is 15.4. The van der Waals surface area contributed by atoms with Crippen LogP contribution in [0.15, 0.2) is 36.4 Å². The molecular formula is C18H14Cl2O5. The number of rotatable bonds is 5. The SMILES string of the molecule is COC(=O)C(CC(=O)c1ccc(Cl)c(Cl)c1)c1ccc2c(c1)OCO2. The van der Waals surface area contributed by atoms with Gasteiger partial charge in [0.1, 0.15) is 0 Å². The molecule has 0 N–H and O–H groups in total. The minimum absolute atomic E-state index is 0.0652. The highest BCUT2D eigenvalue weighted by Gasteiger charge is 2.27. The van der Waals surface area contributed by atoms with Crippen molar-refractivity contribution in [1.29, 1.82) is 0 Å². The van der Waals surface area contributed by atoms with E-state index in [4.69, 9.17) is 37.4 Å². The molecule has 2 aromatic rings. The van der Waals surface area contributed by atoms with Gasteiger partial charge in [0.25, 0.3) is 0 Å². The van der Waals surface area contributed by atoms with E-state index in [1.807, 2.05) is 0 Å². The smallest absolute Gasteiger partial charge is 0.313 e. The van der Waals surface area contributed by atoms with Crippen molar-refractivity contribution >= 4 is 35.0 Å². The molecule has 5 nitrogen and oxygen atoms in total. The minimum atomic E-state index is -0.763. The summed E-state index contributed by atoms with van der Waals surface area (Å²) in [5.41, 5.74) is 0.994. The second kappa shape index (κ2) is 7.33. The number of benzene rings is 2. The molecule has 0 fully saturated rings. The Balaban J connectivity index is 1.87. The zero-order chi connectivity index (χ0) is 18.0. The summed E-state index contributed by atoms with van der Waals surface area (Å²) in [6, 6.07) is 9.72. The molecule has 130 valence electrons. The number of hydrogen-bond acceptors (Lipinski definition) is 5. The van der Waals surface area contributed by atoms with Gasteiger partial charge in [-0.05, 0) is 35.9 Å². The fourth-order valence-corrected chi connectivity index (χ4v) is 2.88. The van der Waals surface area contributed by atoms with Crippen LogP contribution >= 0.6 is 23.2 Å². The van der Waals surface area contributed by atoms with Gasteiger partial charge in [0.15, 0.2) is 17.3 Å². The normalized spacial score (nSPS) is 13.4. The molecule has 3 rings (SSSR count). The molecule has 0 saturated carbocycles. The molecule has 0 aliphatic carbocycles. The Hall–Kier alpha value is -2.24. The highest BCUT2D eigenvalue weighted by molar-refractivity contribution is 6.42. The van der Waals surface area contributed by atoms with Gasteiger partial charge in [0, 0.05) is 12.0 Å². The van der Waals surface area contributed by atoms with E-state index in [0.29, 0.717) is 27.6 Å². The fourth-order valence-electron chi connectivity index (χ4n) is 2.58. The molecular weight excluding hydrogens is 367 g/mol. The average molecular weight is 381 g/mol. The van der Waals surface area contributed by atoms with Crippen LogP contribution in [0.2, 0.25) is 10.0 Å². The minimum Gasteiger partial charge on any atom is -0.469 e. The summed E-state index contributed by atoms with van der Waals surface area (Å²) in [7, 11) is 1.28. The maximum atomic E-state index is 12.6. The van der Waals surface area contributed by atoms with Crippen LogP contribution in [0.25, 0.3) is 0 Å². The molecule has 2 aromatic carbocycles. The van der Waals surface area contributed by atoms with E-state index in [-0.39, 0.29) is 24.0 Å². The van der Waals surface area contributed by atoms with E-state index < -0.39 is 11.9 Å². The Bertz CT molecular complexity index is 834. The van der Waals surface area contributed by atoms with Crippen molar-refractivity contribution in [3.8, 4) is 11.5 Å². The molecule has 1 aliphatic rings. The van der Waals surface area contributed by atoms with Crippen molar-refractivity contribution in [1.82, 2.24) is 0 Å². The van der Waals surface area contributed by atoms with E-state index in [1.165, 1.54) is 13.2 Å². The quantitative estimate of drug-likeness (QED) is 0.572. The second-order valence-corrected chi connectivity index (χ2v) is 6.26. The highest BCUT2D eigenvalue weighted by Crippen LogP contribution is 2.36. The molecule has 1 aliphatic heterocycles. The lowest BCUT2D eigenvalue weighted by atomic mass is 9.91. The first-order valence-electron chi connectivity index (χ1n) is 7.45. The summed E-state index contributed by atoms with van der Waals surface area (Å²) in [6.07, 6.45) is -0.0652. The molecule has 1 unspecified atom stereocenters. The third-order valence-corrected chi connectivity index (χ3v) is 4.65. The first kappa shape index (κ1) is 17.6. The van der Waals surface area contributed by atoms with Crippen molar-refractivity contribution in [2.45, 2.75) is 12.3 Å². The van der Waals surface area contributed by atoms with Crippen LogP contribution in [0.4, 0.5) is 0 Å². The molecule has 0 bridgehead atoms. The Morgan fingerprint density at radius 3 is 2.56 bits per heavy atom. The molecule has 1 atom stereocenters. The van der Waals surface area contributed by atoms with Gasteiger partial charge in [-0.25, -0.2) is 0 Å². The Morgan fingerprint density at radius 1 is 1.08 bits per heavy atom. The Morgan fingerprint density at radius 2 is 1.84 bits per heavy atom. The summed E-state index contributed by atoms with van der Waals surface area (Å²) in [5, 5.41) is 0.642. The summed E-state index contributed by atoms with van der Waals surface area (Å²) in [6.45, 7) is 0.129. The molecule has 25 heavy (non-hydrogen) atoms. The third-order valence-electron chi connectivity index (χ3n) is 3.92. The van der Waals surface area contributed by atoms with Crippen LogP contribution in [0, 0.1) is 0 Å². The number of halogens is 2. The lowest BCUT2D eigenvalue weighted by Crippen LogP contribution is -2.18. The average Bonchev–Trinajstić information content (AvgIpc) is 3.08. The van der Waals surface area contributed by atoms with E-state index in [9.17, 15) is 9.59 Å². The molecule has 0 spiro atoms. The lowest BCUT2D eigenvalue weighted by Gasteiger charge is -2.15. The molecule has 0 aromatic heterocycles.